The summed E-state index contributed by atoms with van der Waals surface area (Å²) in [6.45, 7) is 1.45. The Morgan fingerprint density at radius 3 is 2.41 bits per heavy atom. The molecule has 2 aliphatic rings. The lowest BCUT2D eigenvalue weighted by Gasteiger charge is -2.35. The summed E-state index contributed by atoms with van der Waals surface area (Å²) in [7, 11) is -3.50. The Bertz CT molecular complexity index is 879. The van der Waals surface area contributed by atoms with Crippen LogP contribution in [0.4, 0.5) is 0 Å². The molecule has 27 heavy (non-hydrogen) atoms. The molecule has 1 aromatic carbocycles. The van der Waals surface area contributed by atoms with Crippen LogP contribution in [-0.2, 0) is 14.8 Å². The van der Waals surface area contributed by atoms with Crippen molar-refractivity contribution in [1.29, 1.82) is 0 Å². The highest BCUT2D eigenvalue weighted by atomic mass is 32.2. The minimum Gasteiger partial charge on any atom is -0.339 e. The maximum Gasteiger partial charge on any atom is 0.243 e. The Labute approximate surface area is 163 Å². The van der Waals surface area contributed by atoms with E-state index in [1.165, 1.54) is 9.18 Å². The molecule has 2 aromatic rings. The van der Waals surface area contributed by atoms with Gasteiger partial charge in [0.05, 0.1) is 10.9 Å². The average molecular weight is 407 g/mol. The monoisotopic (exact) mass is 406 g/mol. The van der Waals surface area contributed by atoms with E-state index >= 15 is 0 Å². The van der Waals surface area contributed by atoms with Crippen LogP contribution in [0, 0.1) is 0 Å². The molecule has 0 aliphatic carbocycles. The van der Waals surface area contributed by atoms with Crippen molar-refractivity contribution in [3.05, 3.63) is 52.7 Å². The smallest absolute Gasteiger partial charge is 0.243 e. The summed E-state index contributed by atoms with van der Waals surface area (Å²) in [6, 6.07) is 12.4. The molecule has 0 spiro atoms. The molecular weight excluding hydrogens is 384 g/mol. The van der Waals surface area contributed by atoms with Crippen molar-refractivity contribution in [2.75, 3.05) is 26.2 Å². The number of hydrogen-bond donors (Lipinski definition) is 2. The first-order valence-electron chi connectivity index (χ1n) is 8.94. The van der Waals surface area contributed by atoms with Crippen LogP contribution in [0.15, 0.2) is 52.7 Å². The van der Waals surface area contributed by atoms with Gasteiger partial charge < -0.3 is 4.90 Å². The second-order valence-corrected chi connectivity index (χ2v) is 9.60. The molecule has 1 aromatic heterocycles. The van der Waals surface area contributed by atoms with Crippen molar-refractivity contribution in [2.24, 2.45) is 0 Å². The van der Waals surface area contributed by atoms with Crippen molar-refractivity contribution >= 4 is 27.3 Å². The number of nitrogens with one attached hydrogen (secondary N) is 2. The van der Waals surface area contributed by atoms with Crippen molar-refractivity contribution in [1.82, 2.24) is 20.1 Å². The molecular formula is C18H22N4O3S2. The largest absolute Gasteiger partial charge is 0.339 e. The van der Waals surface area contributed by atoms with E-state index in [9.17, 15) is 13.2 Å². The van der Waals surface area contributed by atoms with Crippen molar-refractivity contribution in [2.45, 2.75) is 23.4 Å². The third-order valence-electron chi connectivity index (χ3n) is 5.02. The number of sulfonamides is 1. The predicted molar refractivity (Wildman–Crippen MR) is 104 cm³/mol. The van der Waals surface area contributed by atoms with Crippen LogP contribution in [0.25, 0.3) is 0 Å². The molecule has 0 saturated carbocycles. The van der Waals surface area contributed by atoms with Crippen LogP contribution >= 0.6 is 11.3 Å². The number of rotatable bonds is 4. The predicted octanol–water partition coefficient (Wildman–Crippen LogP) is 1.19. The lowest BCUT2D eigenvalue weighted by atomic mass is 10.1. The van der Waals surface area contributed by atoms with E-state index in [0.717, 1.165) is 0 Å². The topological polar surface area (TPSA) is 81.8 Å². The van der Waals surface area contributed by atoms with Gasteiger partial charge in [-0.15, -0.1) is 11.3 Å². The highest BCUT2D eigenvalue weighted by Gasteiger charge is 2.36. The third kappa shape index (κ3) is 3.78. The Kier molecular flexibility index (Phi) is 5.29. The summed E-state index contributed by atoms with van der Waals surface area (Å²) in [6.07, 6.45) is 0.696. The van der Waals surface area contributed by atoms with E-state index in [1.807, 2.05) is 11.4 Å². The first-order chi connectivity index (χ1) is 13.1. The number of piperazine rings is 1. The van der Waals surface area contributed by atoms with E-state index in [2.05, 4.69) is 16.9 Å². The number of hydrazine groups is 1. The SMILES string of the molecule is O=C(C1CC(c2cccs2)NN1)N1CCN(S(=O)(=O)c2ccccc2)CC1. The summed E-state index contributed by atoms with van der Waals surface area (Å²) in [5.74, 6) is 0.0262. The number of thiophene rings is 1. The standard InChI is InChI=1S/C18H22N4O3S2/c23-18(16-13-15(19-20-16)17-7-4-12-26-17)21-8-10-22(11-9-21)27(24,25)14-5-2-1-3-6-14/h1-7,12,15-16,19-20H,8-11,13H2. The fraction of sp³-hybridized carbons (Fsp3) is 0.389. The zero-order valence-electron chi connectivity index (χ0n) is 14.7. The van der Waals surface area contributed by atoms with Crippen LogP contribution in [0.1, 0.15) is 17.3 Å². The van der Waals surface area contributed by atoms with E-state index in [4.69, 9.17) is 0 Å². The zero-order chi connectivity index (χ0) is 18.9. The minimum absolute atomic E-state index is 0.0262. The molecule has 7 nitrogen and oxygen atoms in total. The van der Waals surface area contributed by atoms with E-state index in [-0.39, 0.29) is 18.0 Å². The fourth-order valence-electron chi connectivity index (χ4n) is 3.50. The molecule has 0 radical (unpaired) electrons. The second-order valence-electron chi connectivity index (χ2n) is 6.69. The van der Waals surface area contributed by atoms with Gasteiger partial charge in [0.2, 0.25) is 15.9 Å². The summed E-state index contributed by atoms with van der Waals surface area (Å²) in [5, 5.41) is 2.03. The van der Waals surface area contributed by atoms with Crippen LogP contribution < -0.4 is 10.9 Å². The van der Waals surface area contributed by atoms with Gasteiger partial charge in [0, 0.05) is 31.1 Å². The molecule has 4 rings (SSSR count). The van der Waals surface area contributed by atoms with Gasteiger partial charge in [-0.1, -0.05) is 24.3 Å². The van der Waals surface area contributed by atoms with Crippen molar-refractivity contribution in [3.8, 4) is 0 Å². The van der Waals surface area contributed by atoms with Gasteiger partial charge in [-0.2, -0.15) is 4.31 Å². The van der Waals surface area contributed by atoms with Gasteiger partial charge >= 0.3 is 0 Å². The lowest BCUT2D eigenvalue weighted by Crippen LogP contribution is -2.54. The number of benzene rings is 1. The molecule has 0 bridgehead atoms. The third-order valence-corrected chi connectivity index (χ3v) is 7.92. The van der Waals surface area contributed by atoms with Gasteiger partial charge in [0.1, 0.15) is 6.04 Å². The Morgan fingerprint density at radius 2 is 1.74 bits per heavy atom. The van der Waals surface area contributed by atoms with Gasteiger partial charge in [-0.05, 0) is 30.0 Å². The molecule has 1 amide bonds. The van der Waals surface area contributed by atoms with Gasteiger partial charge in [-0.25, -0.2) is 19.3 Å². The quantitative estimate of drug-likeness (QED) is 0.797. The van der Waals surface area contributed by atoms with Crippen molar-refractivity contribution in [3.63, 3.8) is 0 Å². The average Bonchev–Trinajstić information content (AvgIpc) is 3.40. The summed E-state index contributed by atoms with van der Waals surface area (Å²) in [4.78, 5) is 16.1. The summed E-state index contributed by atoms with van der Waals surface area (Å²) >= 11 is 1.67. The summed E-state index contributed by atoms with van der Waals surface area (Å²) in [5.41, 5.74) is 6.28. The molecule has 2 aliphatic heterocycles. The second kappa shape index (κ2) is 7.69. The van der Waals surface area contributed by atoms with Crippen LogP contribution in [-0.4, -0.2) is 55.8 Å². The first-order valence-corrected chi connectivity index (χ1v) is 11.3. The van der Waals surface area contributed by atoms with Crippen LogP contribution in [0.3, 0.4) is 0 Å². The van der Waals surface area contributed by atoms with Crippen LogP contribution in [0.2, 0.25) is 0 Å². The van der Waals surface area contributed by atoms with Gasteiger partial charge in [-0.3, -0.25) is 4.79 Å². The number of amides is 1. The first kappa shape index (κ1) is 18.6. The summed E-state index contributed by atoms with van der Waals surface area (Å²) < 4.78 is 26.9. The van der Waals surface area contributed by atoms with Crippen molar-refractivity contribution < 1.29 is 13.2 Å². The van der Waals surface area contributed by atoms with E-state index < -0.39 is 10.0 Å². The minimum atomic E-state index is -3.50. The Morgan fingerprint density at radius 1 is 1.00 bits per heavy atom. The molecule has 2 N–H and O–H groups in total. The molecule has 2 unspecified atom stereocenters. The highest BCUT2D eigenvalue weighted by molar-refractivity contribution is 7.89. The number of nitrogens with zero attached hydrogens (tertiary/aromatic N) is 2. The Balaban J connectivity index is 1.35. The molecule has 9 heteroatoms. The van der Waals surface area contributed by atoms with Gasteiger partial charge in [0.25, 0.3) is 0 Å². The maximum absolute atomic E-state index is 12.8. The molecule has 3 heterocycles. The zero-order valence-corrected chi connectivity index (χ0v) is 16.4. The normalized spacial score (nSPS) is 24.2. The van der Waals surface area contributed by atoms with E-state index in [1.54, 1.807) is 46.6 Å². The molecule has 144 valence electrons. The molecule has 2 saturated heterocycles. The fourth-order valence-corrected chi connectivity index (χ4v) is 5.74. The van der Waals surface area contributed by atoms with Gasteiger partial charge in [0.15, 0.2) is 0 Å². The number of carbonyl (C=O) groups is 1. The van der Waals surface area contributed by atoms with Crippen LogP contribution in [0.5, 0.6) is 0 Å². The molecule has 2 atom stereocenters. The molecule has 2 fully saturated rings. The number of carbonyl (C=O) groups excluding carboxylic acids is 1. The maximum atomic E-state index is 12.8. The Hall–Kier alpha value is -1.78. The number of hydrogen-bond acceptors (Lipinski definition) is 6. The van der Waals surface area contributed by atoms with E-state index in [0.29, 0.717) is 37.5 Å². The highest BCUT2D eigenvalue weighted by Crippen LogP contribution is 2.27. The lowest BCUT2D eigenvalue weighted by molar-refractivity contribution is -0.134.